The van der Waals surface area contributed by atoms with Gasteiger partial charge in [-0.1, -0.05) is 24.6 Å². The summed E-state index contributed by atoms with van der Waals surface area (Å²) in [5, 5.41) is 13.1. The highest BCUT2D eigenvalue weighted by atomic mass is 35.5. The number of thiophene rings is 1. The summed E-state index contributed by atoms with van der Waals surface area (Å²) in [7, 11) is 0. The molecule has 0 fully saturated rings. The Bertz CT molecular complexity index is 847. The highest BCUT2D eigenvalue weighted by molar-refractivity contribution is 7.10. The Morgan fingerprint density at radius 2 is 2.28 bits per heavy atom. The van der Waals surface area contributed by atoms with Gasteiger partial charge in [0, 0.05) is 23.6 Å². The molecule has 0 aliphatic carbocycles. The second kappa shape index (κ2) is 7.37. The van der Waals surface area contributed by atoms with Gasteiger partial charge in [-0.15, -0.1) is 11.3 Å². The lowest BCUT2D eigenvalue weighted by Gasteiger charge is -2.34. The van der Waals surface area contributed by atoms with Crippen LogP contribution in [0.4, 0.5) is 5.69 Å². The number of hydrogen-bond acceptors (Lipinski definition) is 4. The second-order valence-corrected chi connectivity index (χ2v) is 7.21. The van der Waals surface area contributed by atoms with Crippen LogP contribution in [0.25, 0.3) is 6.08 Å². The molecule has 3 rings (SSSR count). The van der Waals surface area contributed by atoms with Gasteiger partial charge in [-0.3, -0.25) is 14.9 Å². The van der Waals surface area contributed by atoms with Gasteiger partial charge in [-0.2, -0.15) is 0 Å². The molecule has 2 aromatic rings. The first-order chi connectivity index (χ1) is 12.0. The third kappa shape index (κ3) is 3.60. The molecule has 25 heavy (non-hydrogen) atoms. The number of carbonyl (C=O) groups is 1. The van der Waals surface area contributed by atoms with Gasteiger partial charge in [0.15, 0.2) is 0 Å². The van der Waals surface area contributed by atoms with Crippen molar-refractivity contribution >= 4 is 40.6 Å². The van der Waals surface area contributed by atoms with Crippen LogP contribution >= 0.6 is 22.9 Å². The van der Waals surface area contributed by atoms with Crippen molar-refractivity contribution in [3.05, 3.63) is 66.9 Å². The molecule has 1 aliphatic rings. The Kier molecular flexibility index (Phi) is 5.20. The molecule has 0 radical (unpaired) electrons. The zero-order chi connectivity index (χ0) is 18.0. The molecule has 1 atom stereocenters. The first kappa shape index (κ1) is 17.6. The number of halogens is 1. The zero-order valence-corrected chi connectivity index (χ0v) is 15.2. The summed E-state index contributed by atoms with van der Waals surface area (Å²) >= 11 is 7.55. The van der Waals surface area contributed by atoms with Crippen molar-refractivity contribution in [2.45, 2.75) is 25.8 Å². The van der Waals surface area contributed by atoms with E-state index in [4.69, 9.17) is 11.6 Å². The zero-order valence-electron chi connectivity index (χ0n) is 13.6. The van der Waals surface area contributed by atoms with Crippen LogP contribution in [-0.2, 0) is 11.2 Å². The average Bonchev–Trinajstić information content (AvgIpc) is 3.08. The third-order valence-corrected chi connectivity index (χ3v) is 5.67. The van der Waals surface area contributed by atoms with E-state index in [1.165, 1.54) is 28.6 Å². The Labute approximate surface area is 154 Å². The minimum atomic E-state index is -0.530. The predicted molar refractivity (Wildman–Crippen MR) is 99.9 cm³/mol. The molecule has 0 spiro atoms. The van der Waals surface area contributed by atoms with E-state index in [9.17, 15) is 14.9 Å². The standard InChI is InChI=1S/C18H17ClN2O3S/c1-2-15-13-8-10-25-17(13)7-9-20(15)18(22)6-4-12-3-5-14(19)16(11-12)21(23)24/h3-6,8,10-11,15H,2,7,9H2,1H3. The molecular weight excluding hydrogens is 360 g/mol. The van der Waals surface area contributed by atoms with Crippen molar-refractivity contribution in [2.75, 3.05) is 6.54 Å². The Morgan fingerprint density at radius 1 is 1.48 bits per heavy atom. The van der Waals surface area contributed by atoms with Crippen LogP contribution < -0.4 is 0 Å². The molecule has 1 aromatic carbocycles. The molecule has 1 amide bonds. The van der Waals surface area contributed by atoms with Crippen molar-refractivity contribution in [2.24, 2.45) is 0 Å². The number of nitro groups is 1. The second-order valence-electron chi connectivity index (χ2n) is 5.81. The summed E-state index contributed by atoms with van der Waals surface area (Å²) in [6.07, 6.45) is 4.81. The van der Waals surface area contributed by atoms with Crippen LogP contribution in [0.3, 0.4) is 0 Å². The number of benzene rings is 1. The lowest BCUT2D eigenvalue weighted by Crippen LogP contribution is -2.38. The molecule has 1 aliphatic heterocycles. The molecule has 5 nitrogen and oxygen atoms in total. The fourth-order valence-corrected chi connectivity index (χ4v) is 4.25. The Hall–Kier alpha value is -2.18. The largest absolute Gasteiger partial charge is 0.332 e. The van der Waals surface area contributed by atoms with Gasteiger partial charge in [0.25, 0.3) is 5.69 Å². The molecule has 0 bridgehead atoms. The Balaban J connectivity index is 1.79. The summed E-state index contributed by atoms with van der Waals surface area (Å²) in [5.74, 6) is -0.0821. The van der Waals surface area contributed by atoms with Gasteiger partial charge in [0.05, 0.1) is 11.0 Å². The maximum Gasteiger partial charge on any atom is 0.288 e. The van der Waals surface area contributed by atoms with Gasteiger partial charge < -0.3 is 4.90 Å². The summed E-state index contributed by atoms with van der Waals surface area (Å²) in [5.41, 5.74) is 1.65. The molecule has 2 heterocycles. The monoisotopic (exact) mass is 376 g/mol. The van der Waals surface area contributed by atoms with Crippen LogP contribution in [0.2, 0.25) is 5.02 Å². The van der Waals surface area contributed by atoms with Crippen molar-refractivity contribution in [1.29, 1.82) is 0 Å². The van der Waals surface area contributed by atoms with Crippen molar-refractivity contribution in [3.63, 3.8) is 0 Å². The number of nitrogens with zero attached hydrogens (tertiary/aromatic N) is 2. The Morgan fingerprint density at radius 3 is 3.00 bits per heavy atom. The first-order valence-corrected chi connectivity index (χ1v) is 9.26. The molecule has 1 unspecified atom stereocenters. The van der Waals surface area contributed by atoms with E-state index in [-0.39, 0.29) is 22.7 Å². The number of hydrogen-bond donors (Lipinski definition) is 0. The van der Waals surface area contributed by atoms with Crippen molar-refractivity contribution in [3.8, 4) is 0 Å². The van der Waals surface area contributed by atoms with Crippen LogP contribution in [-0.4, -0.2) is 22.3 Å². The fraction of sp³-hybridized carbons (Fsp3) is 0.278. The van der Waals surface area contributed by atoms with Crippen LogP contribution in [0.1, 0.15) is 35.4 Å². The lowest BCUT2D eigenvalue weighted by molar-refractivity contribution is -0.384. The predicted octanol–water partition coefficient (Wildman–Crippen LogP) is 4.86. The van der Waals surface area contributed by atoms with Crippen molar-refractivity contribution < 1.29 is 9.72 Å². The third-order valence-electron chi connectivity index (χ3n) is 4.35. The number of nitro benzene ring substituents is 1. The topological polar surface area (TPSA) is 63.5 Å². The molecule has 0 saturated heterocycles. The van der Waals surface area contributed by atoms with Crippen LogP contribution in [0.5, 0.6) is 0 Å². The summed E-state index contributed by atoms with van der Waals surface area (Å²) in [4.78, 5) is 26.3. The fourth-order valence-electron chi connectivity index (χ4n) is 3.14. The minimum absolute atomic E-state index is 0.0821. The minimum Gasteiger partial charge on any atom is -0.332 e. The van der Waals surface area contributed by atoms with E-state index < -0.39 is 4.92 Å². The summed E-state index contributed by atoms with van der Waals surface area (Å²) in [6, 6.07) is 6.68. The number of rotatable bonds is 4. The number of amides is 1. The lowest BCUT2D eigenvalue weighted by atomic mass is 9.97. The smallest absolute Gasteiger partial charge is 0.288 e. The molecule has 0 saturated carbocycles. The van der Waals surface area contributed by atoms with Gasteiger partial charge in [0.2, 0.25) is 5.91 Å². The molecule has 7 heteroatoms. The SMILES string of the molecule is CCC1c2ccsc2CCN1C(=O)C=Cc1ccc(Cl)c([N+](=O)[O-])c1. The maximum absolute atomic E-state index is 12.6. The average molecular weight is 377 g/mol. The molecule has 1 aromatic heterocycles. The maximum atomic E-state index is 12.6. The number of carbonyl (C=O) groups excluding carboxylic acids is 1. The van der Waals surface area contributed by atoms with Gasteiger partial charge in [-0.25, -0.2) is 0 Å². The number of fused-ring (bicyclic) bond motifs is 1. The summed E-state index contributed by atoms with van der Waals surface area (Å²) in [6.45, 7) is 2.76. The first-order valence-electron chi connectivity index (χ1n) is 8.00. The highest BCUT2D eigenvalue weighted by Gasteiger charge is 2.29. The summed E-state index contributed by atoms with van der Waals surface area (Å²) < 4.78 is 0. The van der Waals surface area contributed by atoms with E-state index >= 15 is 0 Å². The van der Waals surface area contributed by atoms with E-state index in [2.05, 4.69) is 18.4 Å². The molecule has 0 N–H and O–H groups in total. The van der Waals surface area contributed by atoms with Gasteiger partial charge >= 0.3 is 0 Å². The van der Waals surface area contributed by atoms with Crippen LogP contribution in [0, 0.1) is 10.1 Å². The molecular formula is C18H17ClN2O3S. The van der Waals surface area contributed by atoms with Crippen LogP contribution in [0.15, 0.2) is 35.7 Å². The van der Waals surface area contributed by atoms with Gasteiger partial charge in [-0.05, 0) is 47.6 Å². The molecule has 130 valence electrons. The van der Waals surface area contributed by atoms with E-state index in [0.717, 1.165) is 12.8 Å². The van der Waals surface area contributed by atoms with E-state index in [1.54, 1.807) is 23.5 Å². The van der Waals surface area contributed by atoms with Gasteiger partial charge in [0.1, 0.15) is 5.02 Å². The quantitative estimate of drug-likeness (QED) is 0.435. The van der Waals surface area contributed by atoms with E-state index in [1.807, 2.05) is 4.90 Å². The van der Waals surface area contributed by atoms with E-state index in [0.29, 0.717) is 12.1 Å². The normalized spacial score (nSPS) is 16.9. The highest BCUT2D eigenvalue weighted by Crippen LogP contribution is 2.35. The van der Waals surface area contributed by atoms with Crippen molar-refractivity contribution in [1.82, 2.24) is 4.90 Å².